The molecule has 10 nitrogen and oxygen atoms in total. The molecule has 236 valence electrons. The van der Waals surface area contributed by atoms with E-state index in [0.717, 1.165) is 49.5 Å². The van der Waals surface area contributed by atoms with Gasteiger partial charge in [0.25, 0.3) is 11.8 Å². The normalized spacial score (nSPS) is 23.9. The van der Waals surface area contributed by atoms with Crippen LogP contribution in [0.3, 0.4) is 0 Å². The molecule has 2 heterocycles. The summed E-state index contributed by atoms with van der Waals surface area (Å²) < 4.78 is 5.76. The van der Waals surface area contributed by atoms with Crippen LogP contribution in [0.5, 0.6) is 0 Å². The zero-order chi connectivity index (χ0) is 31.4. The zero-order valence-electron chi connectivity index (χ0n) is 25.3. The maximum Gasteiger partial charge on any atom is 0.290 e. The quantitative estimate of drug-likeness (QED) is 0.243. The Bertz CT molecular complexity index is 1550. The monoisotopic (exact) mass is 612 g/mol. The molecule has 6 rings (SSSR count). The van der Waals surface area contributed by atoms with Crippen LogP contribution in [0.25, 0.3) is 11.0 Å². The van der Waals surface area contributed by atoms with E-state index in [2.05, 4.69) is 21.3 Å². The Morgan fingerprint density at radius 3 is 2.44 bits per heavy atom. The number of hydrogen-bond acceptors (Lipinski definition) is 6. The maximum absolute atomic E-state index is 14.1. The van der Waals surface area contributed by atoms with Crippen molar-refractivity contribution in [1.82, 2.24) is 21.3 Å². The number of furan rings is 1. The fraction of sp³-hybridized carbons (Fsp3) is 0.457. The van der Waals surface area contributed by atoms with Crippen molar-refractivity contribution in [3.8, 4) is 0 Å². The lowest BCUT2D eigenvalue weighted by Gasteiger charge is -2.29. The third-order valence-corrected chi connectivity index (χ3v) is 9.65. The second kappa shape index (κ2) is 13.3. The van der Waals surface area contributed by atoms with E-state index < -0.39 is 46.9 Å². The molecule has 2 saturated carbocycles. The van der Waals surface area contributed by atoms with Crippen LogP contribution in [-0.4, -0.2) is 47.5 Å². The molecule has 4 atom stereocenters. The lowest BCUT2D eigenvalue weighted by molar-refractivity contribution is -0.142. The molecule has 0 spiro atoms. The molecule has 4 amide bonds. The number of fused-ring (bicyclic) bond motifs is 1. The Hall–Kier alpha value is -4.47. The first-order valence-corrected chi connectivity index (χ1v) is 16.1. The second-order valence-electron chi connectivity index (χ2n) is 12.7. The molecule has 3 aromatic rings. The van der Waals surface area contributed by atoms with Crippen molar-refractivity contribution in [1.29, 1.82) is 0 Å². The molecule has 3 unspecified atom stereocenters. The highest BCUT2D eigenvalue weighted by molar-refractivity contribution is 6.41. The molecule has 2 aliphatic carbocycles. The number of benzene rings is 2. The van der Waals surface area contributed by atoms with Crippen molar-refractivity contribution >= 4 is 40.4 Å². The molecule has 3 fully saturated rings. The Morgan fingerprint density at radius 1 is 0.933 bits per heavy atom. The minimum Gasteiger partial charge on any atom is -0.451 e. The van der Waals surface area contributed by atoms with Crippen LogP contribution in [0.4, 0.5) is 0 Å². The molecule has 0 radical (unpaired) electrons. The highest BCUT2D eigenvalue weighted by atomic mass is 16.3. The minimum atomic E-state index is -1.52. The number of rotatable bonds is 11. The van der Waals surface area contributed by atoms with Gasteiger partial charge in [-0.15, -0.1) is 0 Å². The number of carbonyl (C=O) groups is 5. The van der Waals surface area contributed by atoms with Crippen LogP contribution >= 0.6 is 0 Å². The fourth-order valence-corrected chi connectivity index (χ4v) is 7.09. The van der Waals surface area contributed by atoms with Crippen LogP contribution in [-0.2, 0) is 25.7 Å². The molecule has 1 saturated heterocycles. The van der Waals surface area contributed by atoms with E-state index in [-0.39, 0.29) is 30.6 Å². The predicted molar refractivity (Wildman–Crippen MR) is 167 cm³/mol. The molecule has 10 heteroatoms. The SMILES string of the molecule is O=C(NCc1ccccc1)C(=O)C1(NC(=O)[C@H](CC2CCCCC2)NC(=O)c2cc3ccccc3o2)CC1C1CCCNC1=O. The van der Waals surface area contributed by atoms with Crippen LogP contribution in [0, 0.1) is 17.8 Å². The van der Waals surface area contributed by atoms with Gasteiger partial charge in [0.05, 0.1) is 0 Å². The van der Waals surface area contributed by atoms with Gasteiger partial charge >= 0.3 is 0 Å². The van der Waals surface area contributed by atoms with Crippen molar-refractivity contribution < 1.29 is 28.4 Å². The van der Waals surface area contributed by atoms with E-state index in [9.17, 15) is 24.0 Å². The first-order chi connectivity index (χ1) is 21.8. The van der Waals surface area contributed by atoms with E-state index in [1.807, 2.05) is 48.5 Å². The Labute approximate surface area is 262 Å². The third-order valence-electron chi connectivity index (χ3n) is 9.65. The van der Waals surface area contributed by atoms with Crippen molar-refractivity contribution in [3.05, 3.63) is 72.0 Å². The fourth-order valence-electron chi connectivity index (χ4n) is 7.09. The van der Waals surface area contributed by atoms with E-state index in [1.54, 1.807) is 12.1 Å². The molecule has 0 bridgehead atoms. The summed E-state index contributed by atoms with van der Waals surface area (Å²) in [5.74, 6) is -3.50. The third kappa shape index (κ3) is 6.79. The van der Waals surface area contributed by atoms with Crippen molar-refractivity contribution in [2.45, 2.75) is 75.9 Å². The van der Waals surface area contributed by atoms with Gasteiger partial charge in [-0.1, -0.05) is 80.6 Å². The van der Waals surface area contributed by atoms with Crippen molar-refractivity contribution in [3.63, 3.8) is 0 Å². The van der Waals surface area contributed by atoms with Gasteiger partial charge in [0.2, 0.25) is 17.6 Å². The topological polar surface area (TPSA) is 147 Å². The number of hydrogen-bond donors (Lipinski definition) is 4. The van der Waals surface area contributed by atoms with Crippen molar-refractivity contribution in [2.24, 2.45) is 17.8 Å². The molecular formula is C35H40N4O6. The second-order valence-corrected chi connectivity index (χ2v) is 12.7. The summed E-state index contributed by atoms with van der Waals surface area (Å²) in [5.41, 5.74) is -0.128. The van der Waals surface area contributed by atoms with Crippen LogP contribution < -0.4 is 21.3 Å². The molecule has 45 heavy (non-hydrogen) atoms. The number of ketones is 1. The molecule has 3 aliphatic rings. The van der Waals surface area contributed by atoms with Gasteiger partial charge in [-0.2, -0.15) is 0 Å². The van der Waals surface area contributed by atoms with Crippen LogP contribution in [0.1, 0.15) is 73.9 Å². The molecule has 1 aliphatic heterocycles. The van der Waals surface area contributed by atoms with Gasteiger partial charge in [-0.05, 0) is 49.3 Å². The number of nitrogens with one attached hydrogen (secondary N) is 4. The van der Waals surface area contributed by atoms with Crippen molar-refractivity contribution in [2.75, 3.05) is 6.54 Å². The largest absolute Gasteiger partial charge is 0.451 e. The van der Waals surface area contributed by atoms with E-state index in [0.29, 0.717) is 25.0 Å². The van der Waals surface area contributed by atoms with E-state index in [4.69, 9.17) is 4.42 Å². The van der Waals surface area contributed by atoms with Crippen LogP contribution in [0.2, 0.25) is 0 Å². The average Bonchev–Trinajstić information content (AvgIpc) is 3.60. The molecule has 2 aromatic carbocycles. The summed E-state index contributed by atoms with van der Waals surface area (Å²) in [4.78, 5) is 67.4. The van der Waals surface area contributed by atoms with Gasteiger partial charge in [0, 0.05) is 30.3 Å². The summed E-state index contributed by atoms with van der Waals surface area (Å²) in [7, 11) is 0. The number of Topliss-reactive ketones (excluding diaryl/α,β-unsaturated/α-hetero) is 1. The highest BCUT2D eigenvalue weighted by Gasteiger charge is 2.66. The first-order valence-electron chi connectivity index (χ1n) is 16.1. The van der Waals surface area contributed by atoms with Gasteiger partial charge in [-0.25, -0.2) is 0 Å². The van der Waals surface area contributed by atoms with E-state index in [1.165, 1.54) is 0 Å². The van der Waals surface area contributed by atoms with Gasteiger partial charge < -0.3 is 25.7 Å². The molecular weight excluding hydrogens is 572 g/mol. The average molecular weight is 613 g/mol. The van der Waals surface area contributed by atoms with Crippen LogP contribution in [0.15, 0.2) is 65.1 Å². The Balaban J connectivity index is 1.23. The summed E-state index contributed by atoms with van der Waals surface area (Å²) in [6, 6.07) is 17.2. The molecule has 1 aromatic heterocycles. The highest BCUT2D eigenvalue weighted by Crippen LogP contribution is 2.51. The summed E-state index contributed by atoms with van der Waals surface area (Å²) in [5, 5.41) is 12.1. The van der Waals surface area contributed by atoms with Gasteiger partial charge in [-0.3, -0.25) is 24.0 Å². The predicted octanol–water partition coefficient (Wildman–Crippen LogP) is 3.79. The summed E-state index contributed by atoms with van der Waals surface area (Å²) in [6.07, 6.45) is 7.05. The Morgan fingerprint density at radius 2 is 1.69 bits per heavy atom. The lowest BCUT2D eigenvalue weighted by atomic mass is 9.84. The zero-order valence-corrected chi connectivity index (χ0v) is 25.3. The van der Waals surface area contributed by atoms with Gasteiger partial charge in [0.15, 0.2) is 5.76 Å². The standard InChI is InChI=1S/C35H40N4O6/c40-30(34(44)37-21-23-12-5-2-6-13-23)35(20-26(35)25-15-9-17-36-31(25)41)39-32(42)27(18-22-10-3-1-4-11-22)38-33(43)29-19-24-14-7-8-16-28(24)45-29/h2,5-8,12-14,16,19,22,25-27H,1,3-4,9-11,15,17-18,20-21H2,(H,36,41)(H,37,44)(H,38,43)(H,39,42)/t25?,26?,27-,35?/m0/s1. The number of amides is 4. The van der Waals surface area contributed by atoms with Gasteiger partial charge in [0.1, 0.15) is 17.2 Å². The van der Waals surface area contributed by atoms with E-state index >= 15 is 0 Å². The maximum atomic E-state index is 14.1. The summed E-state index contributed by atoms with van der Waals surface area (Å²) in [6.45, 7) is 0.714. The minimum absolute atomic E-state index is 0.0897. The lowest BCUT2D eigenvalue weighted by Crippen LogP contribution is -2.57. The Kier molecular flexibility index (Phi) is 9.00. The summed E-state index contributed by atoms with van der Waals surface area (Å²) >= 11 is 0. The number of para-hydroxylation sites is 1. The number of carbonyl (C=O) groups excluding carboxylic acids is 5. The number of piperidine rings is 1. The first kappa shape index (κ1) is 30.6. The smallest absolute Gasteiger partial charge is 0.290 e. The molecule has 4 N–H and O–H groups in total.